The number of methoxy groups -OCH3 is 1. The van der Waals surface area contributed by atoms with Gasteiger partial charge in [-0.2, -0.15) is 0 Å². The molecule has 2 aliphatic heterocycles. The molecule has 0 aliphatic carbocycles. The van der Waals surface area contributed by atoms with Gasteiger partial charge in [-0.25, -0.2) is 0 Å². The smallest absolute Gasteiger partial charge is 0.325 e. The molecule has 0 radical (unpaired) electrons. The van der Waals surface area contributed by atoms with Crippen molar-refractivity contribution in [3.8, 4) is 0 Å². The van der Waals surface area contributed by atoms with Crippen LogP contribution in [0.1, 0.15) is 15.9 Å². The molecule has 0 atom stereocenters. The number of ether oxygens (including phenoxy) is 2. The van der Waals surface area contributed by atoms with Crippen LogP contribution in [0.2, 0.25) is 0 Å². The molecule has 0 N–H and O–H groups in total. The Kier molecular flexibility index (Phi) is 3.33. The second-order valence-corrected chi connectivity index (χ2v) is 5.95. The maximum Gasteiger partial charge on any atom is 0.325 e. The monoisotopic (exact) mass is 353 g/mol. The molecule has 1 spiro atoms. The maximum atomic E-state index is 12.7. The number of halogens is 1. The summed E-state index contributed by atoms with van der Waals surface area (Å²) >= 11 is 3.35. The molecule has 3 rings (SSSR count). The minimum Gasteiger partial charge on any atom is -0.468 e. The van der Waals surface area contributed by atoms with Gasteiger partial charge in [0.15, 0.2) is 0 Å². The third kappa shape index (κ3) is 1.99. The number of carbonyl (C=O) groups is 3. The van der Waals surface area contributed by atoms with Crippen LogP contribution in [0.3, 0.4) is 0 Å². The molecule has 1 saturated heterocycles. The second kappa shape index (κ2) is 4.92. The highest BCUT2D eigenvalue weighted by Gasteiger charge is 2.56. The predicted molar refractivity (Wildman–Crippen MR) is 74.7 cm³/mol. The number of benzene rings is 1. The standard InChI is InChI=1S/C14H12BrNO5/c1-20-11(17)5-16-12(18)9-3-2-8(15)4-10(9)14(13(16)19)6-21-7-14/h2-4H,5-7H2,1H3. The molecule has 1 aromatic carbocycles. The van der Waals surface area contributed by atoms with Gasteiger partial charge in [0, 0.05) is 10.0 Å². The number of esters is 1. The number of hydrogen-bond donors (Lipinski definition) is 0. The van der Waals surface area contributed by atoms with E-state index in [0.717, 1.165) is 9.37 Å². The first kappa shape index (κ1) is 14.2. The molecule has 2 amide bonds. The van der Waals surface area contributed by atoms with E-state index in [1.165, 1.54) is 7.11 Å². The van der Waals surface area contributed by atoms with Crippen LogP contribution in [0.15, 0.2) is 22.7 Å². The van der Waals surface area contributed by atoms with E-state index in [0.29, 0.717) is 11.1 Å². The average molecular weight is 354 g/mol. The van der Waals surface area contributed by atoms with Crippen molar-refractivity contribution in [2.75, 3.05) is 26.9 Å². The quantitative estimate of drug-likeness (QED) is 0.582. The van der Waals surface area contributed by atoms with Crippen LogP contribution in [0.5, 0.6) is 0 Å². The molecule has 6 nitrogen and oxygen atoms in total. The molecular weight excluding hydrogens is 342 g/mol. The molecule has 0 aromatic heterocycles. The number of hydrogen-bond acceptors (Lipinski definition) is 5. The molecule has 0 saturated carbocycles. The van der Waals surface area contributed by atoms with E-state index in [-0.39, 0.29) is 19.8 Å². The Morgan fingerprint density at radius 1 is 1.43 bits per heavy atom. The van der Waals surface area contributed by atoms with Gasteiger partial charge in [0.2, 0.25) is 5.91 Å². The van der Waals surface area contributed by atoms with Crippen LogP contribution >= 0.6 is 15.9 Å². The fraction of sp³-hybridized carbons (Fsp3) is 0.357. The number of nitrogens with zero attached hydrogens (tertiary/aromatic N) is 1. The highest BCUT2D eigenvalue weighted by Crippen LogP contribution is 2.41. The van der Waals surface area contributed by atoms with Crippen molar-refractivity contribution in [2.45, 2.75) is 5.41 Å². The van der Waals surface area contributed by atoms with Gasteiger partial charge < -0.3 is 9.47 Å². The van der Waals surface area contributed by atoms with Crippen LogP contribution in [-0.2, 0) is 24.5 Å². The van der Waals surface area contributed by atoms with Crippen LogP contribution in [0.25, 0.3) is 0 Å². The molecule has 2 heterocycles. The van der Waals surface area contributed by atoms with E-state index >= 15 is 0 Å². The van der Waals surface area contributed by atoms with Crippen molar-refractivity contribution in [3.63, 3.8) is 0 Å². The van der Waals surface area contributed by atoms with Crippen LogP contribution in [0, 0.1) is 0 Å². The number of amides is 2. The summed E-state index contributed by atoms with van der Waals surface area (Å²) in [6.07, 6.45) is 0. The van der Waals surface area contributed by atoms with Crippen molar-refractivity contribution in [1.82, 2.24) is 4.90 Å². The minimum absolute atomic E-state index is 0.209. The lowest BCUT2D eigenvalue weighted by Gasteiger charge is -2.46. The molecule has 2 aliphatic rings. The summed E-state index contributed by atoms with van der Waals surface area (Å²) in [7, 11) is 1.22. The van der Waals surface area contributed by atoms with Gasteiger partial charge >= 0.3 is 5.97 Å². The van der Waals surface area contributed by atoms with Gasteiger partial charge in [0.1, 0.15) is 12.0 Å². The first-order chi connectivity index (χ1) is 9.99. The Bertz CT molecular complexity index is 653. The van der Waals surface area contributed by atoms with Gasteiger partial charge in [-0.1, -0.05) is 15.9 Å². The molecule has 110 valence electrons. The molecule has 1 aromatic rings. The first-order valence-corrected chi connectivity index (χ1v) is 7.10. The molecule has 0 unspecified atom stereocenters. The number of fused-ring (bicyclic) bond motifs is 2. The number of imide groups is 1. The zero-order valence-corrected chi connectivity index (χ0v) is 12.8. The first-order valence-electron chi connectivity index (χ1n) is 6.30. The lowest BCUT2D eigenvalue weighted by Crippen LogP contribution is -2.64. The highest BCUT2D eigenvalue weighted by atomic mass is 79.9. The van der Waals surface area contributed by atoms with E-state index in [4.69, 9.17) is 4.74 Å². The van der Waals surface area contributed by atoms with Crippen molar-refractivity contribution in [1.29, 1.82) is 0 Å². The molecule has 1 fully saturated rings. The zero-order valence-electron chi connectivity index (χ0n) is 11.2. The summed E-state index contributed by atoms with van der Waals surface area (Å²) in [6.45, 7) is 0.0336. The SMILES string of the molecule is COC(=O)CN1C(=O)c2ccc(Br)cc2C2(COC2)C1=O. The Labute approximate surface area is 129 Å². The maximum absolute atomic E-state index is 12.7. The third-order valence-electron chi connectivity index (χ3n) is 3.84. The summed E-state index contributed by atoms with van der Waals surface area (Å²) in [6, 6.07) is 5.15. The molecule has 0 bridgehead atoms. The van der Waals surface area contributed by atoms with E-state index < -0.39 is 23.2 Å². The number of carbonyl (C=O) groups excluding carboxylic acids is 3. The normalized spacial score (nSPS) is 19.2. The predicted octanol–water partition coefficient (Wildman–Crippen LogP) is 0.873. The average Bonchev–Trinajstić information content (AvgIpc) is 2.41. The van der Waals surface area contributed by atoms with Crippen LogP contribution in [0.4, 0.5) is 0 Å². The Hall–Kier alpha value is -1.73. The lowest BCUT2D eigenvalue weighted by atomic mass is 9.72. The van der Waals surface area contributed by atoms with Gasteiger partial charge in [0.05, 0.1) is 20.3 Å². The molecule has 7 heteroatoms. The van der Waals surface area contributed by atoms with Gasteiger partial charge in [0.25, 0.3) is 5.91 Å². The van der Waals surface area contributed by atoms with Crippen molar-refractivity contribution in [2.24, 2.45) is 0 Å². The van der Waals surface area contributed by atoms with Crippen LogP contribution < -0.4 is 0 Å². The molecule has 21 heavy (non-hydrogen) atoms. The Morgan fingerprint density at radius 3 is 2.71 bits per heavy atom. The van der Waals surface area contributed by atoms with Crippen LogP contribution in [-0.4, -0.2) is 49.6 Å². The largest absolute Gasteiger partial charge is 0.468 e. The second-order valence-electron chi connectivity index (χ2n) is 5.04. The van der Waals surface area contributed by atoms with E-state index in [1.54, 1.807) is 18.2 Å². The highest BCUT2D eigenvalue weighted by molar-refractivity contribution is 9.10. The fourth-order valence-corrected chi connectivity index (χ4v) is 2.99. The minimum atomic E-state index is -0.874. The topological polar surface area (TPSA) is 72.9 Å². The van der Waals surface area contributed by atoms with Crippen molar-refractivity contribution >= 4 is 33.7 Å². The third-order valence-corrected chi connectivity index (χ3v) is 4.33. The molecular formula is C14H12BrNO5. The van der Waals surface area contributed by atoms with Crippen molar-refractivity contribution < 1.29 is 23.9 Å². The van der Waals surface area contributed by atoms with E-state index in [9.17, 15) is 14.4 Å². The van der Waals surface area contributed by atoms with E-state index in [2.05, 4.69) is 20.7 Å². The fourth-order valence-electron chi connectivity index (χ4n) is 2.63. The zero-order chi connectivity index (χ0) is 15.2. The summed E-state index contributed by atoms with van der Waals surface area (Å²) in [5.41, 5.74) is 0.199. The summed E-state index contributed by atoms with van der Waals surface area (Å²) < 4.78 is 10.5. The summed E-state index contributed by atoms with van der Waals surface area (Å²) in [5.74, 6) is -1.52. The summed E-state index contributed by atoms with van der Waals surface area (Å²) in [5, 5.41) is 0. The van der Waals surface area contributed by atoms with E-state index in [1.807, 2.05) is 0 Å². The van der Waals surface area contributed by atoms with Gasteiger partial charge in [-0.15, -0.1) is 0 Å². The van der Waals surface area contributed by atoms with Gasteiger partial charge in [-0.3, -0.25) is 19.3 Å². The van der Waals surface area contributed by atoms with Gasteiger partial charge in [-0.05, 0) is 23.8 Å². The Morgan fingerprint density at radius 2 is 2.14 bits per heavy atom. The van der Waals surface area contributed by atoms with Crippen molar-refractivity contribution in [3.05, 3.63) is 33.8 Å². The summed E-state index contributed by atoms with van der Waals surface area (Å²) in [4.78, 5) is 37.5. The Balaban J connectivity index is 2.10. The lowest BCUT2D eigenvalue weighted by molar-refractivity contribution is -0.159. The number of rotatable bonds is 2.